The highest BCUT2D eigenvalue weighted by Crippen LogP contribution is 2.22. The molecule has 0 aromatic heterocycles. The molecule has 166 valence electrons. The number of hydrogen-bond acceptors (Lipinski definition) is 4. The van der Waals surface area contributed by atoms with Gasteiger partial charge in [0, 0.05) is 27.3 Å². The fraction of sp³-hybridized carbons (Fsp3) is 0.0909. The van der Waals surface area contributed by atoms with Crippen molar-refractivity contribution in [3.63, 3.8) is 0 Å². The molecule has 0 bridgehead atoms. The summed E-state index contributed by atoms with van der Waals surface area (Å²) in [6.07, 6.45) is 0. The predicted octanol–water partition coefficient (Wildman–Crippen LogP) is 4.03. The number of nitrogens with two attached hydrogens (primary N) is 1. The third-order valence-electron chi connectivity index (χ3n) is 4.50. The molecule has 10 heteroatoms. The minimum atomic E-state index is -3.97. The number of sulfonamides is 1. The number of benzene rings is 3. The van der Waals surface area contributed by atoms with Crippen molar-refractivity contribution in [2.24, 2.45) is 5.73 Å². The van der Waals surface area contributed by atoms with Gasteiger partial charge in [-0.15, -0.1) is 0 Å². The molecule has 32 heavy (non-hydrogen) atoms. The van der Waals surface area contributed by atoms with Gasteiger partial charge in [0.25, 0.3) is 0 Å². The molecule has 0 radical (unpaired) electrons. The number of amides is 2. The summed E-state index contributed by atoms with van der Waals surface area (Å²) in [7, 11) is -3.97. The topological polar surface area (TPSA) is 110 Å². The van der Waals surface area contributed by atoms with Crippen LogP contribution >= 0.6 is 27.5 Å². The Hall–Kier alpha value is -2.72. The first-order valence-corrected chi connectivity index (χ1v) is 12.0. The van der Waals surface area contributed by atoms with Crippen LogP contribution in [0.5, 0.6) is 0 Å². The van der Waals surface area contributed by atoms with E-state index in [0.29, 0.717) is 21.8 Å². The van der Waals surface area contributed by atoms with E-state index >= 15 is 0 Å². The van der Waals surface area contributed by atoms with Crippen molar-refractivity contribution in [1.29, 1.82) is 0 Å². The van der Waals surface area contributed by atoms with Crippen LogP contribution in [0.25, 0.3) is 0 Å². The Morgan fingerprint density at radius 3 is 2.09 bits per heavy atom. The van der Waals surface area contributed by atoms with Crippen molar-refractivity contribution in [3.8, 4) is 0 Å². The van der Waals surface area contributed by atoms with Crippen LogP contribution in [0.3, 0.4) is 0 Å². The molecular weight excluding hydrogens is 518 g/mol. The van der Waals surface area contributed by atoms with Gasteiger partial charge < -0.3 is 11.1 Å². The van der Waals surface area contributed by atoms with Crippen molar-refractivity contribution in [2.75, 3.05) is 11.9 Å². The maximum atomic E-state index is 13.3. The molecule has 0 saturated carbocycles. The van der Waals surface area contributed by atoms with Crippen molar-refractivity contribution < 1.29 is 18.0 Å². The van der Waals surface area contributed by atoms with E-state index in [2.05, 4.69) is 21.2 Å². The first kappa shape index (κ1) is 23.9. The summed E-state index contributed by atoms with van der Waals surface area (Å²) in [4.78, 5) is 23.9. The Labute approximate surface area is 199 Å². The number of primary amides is 1. The van der Waals surface area contributed by atoms with Crippen LogP contribution in [0.4, 0.5) is 5.69 Å². The third kappa shape index (κ3) is 6.17. The highest BCUT2D eigenvalue weighted by molar-refractivity contribution is 9.10. The van der Waals surface area contributed by atoms with Crippen LogP contribution in [-0.4, -0.2) is 31.1 Å². The van der Waals surface area contributed by atoms with E-state index in [-0.39, 0.29) is 11.4 Å². The second kappa shape index (κ2) is 10.3. The standard InChI is InChI=1S/C22H19BrClN3O4S/c23-17-5-11-20(12-6-17)32(30,31)27(13-15-1-7-18(24)8-2-15)14-21(28)26-19-9-3-16(4-10-19)22(25)29/h1-12H,13-14H2,(H2,25,29)(H,26,28). The number of carbonyl (C=O) groups is 2. The molecule has 0 aliphatic rings. The van der Waals surface area contributed by atoms with Gasteiger partial charge in [0.15, 0.2) is 0 Å². The van der Waals surface area contributed by atoms with Crippen LogP contribution in [0.2, 0.25) is 5.02 Å². The van der Waals surface area contributed by atoms with Gasteiger partial charge in [-0.2, -0.15) is 4.31 Å². The fourth-order valence-corrected chi connectivity index (χ4v) is 4.63. The van der Waals surface area contributed by atoms with Crippen LogP contribution < -0.4 is 11.1 Å². The lowest BCUT2D eigenvalue weighted by molar-refractivity contribution is -0.116. The number of carbonyl (C=O) groups excluding carboxylic acids is 2. The van der Waals surface area contributed by atoms with Gasteiger partial charge in [-0.05, 0) is 66.2 Å². The molecule has 0 unspecified atom stereocenters. The van der Waals surface area contributed by atoms with Gasteiger partial charge in [-0.25, -0.2) is 8.42 Å². The summed E-state index contributed by atoms with van der Waals surface area (Å²) in [5, 5.41) is 3.16. The molecule has 3 N–H and O–H groups in total. The van der Waals surface area contributed by atoms with Crippen LogP contribution in [-0.2, 0) is 21.4 Å². The lowest BCUT2D eigenvalue weighted by atomic mass is 10.2. The summed E-state index contributed by atoms with van der Waals surface area (Å²) >= 11 is 9.21. The molecule has 0 aliphatic carbocycles. The zero-order valence-electron chi connectivity index (χ0n) is 16.7. The minimum absolute atomic E-state index is 0.0242. The average Bonchev–Trinajstić information content (AvgIpc) is 2.75. The average molecular weight is 537 g/mol. The third-order valence-corrected chi connectivity index (χ3v) is 7.08. The summed E-state index contributed by atoms with van der Waals surface area (Å²) in [6.45, 7) is -0.442. The van der Waals surface area contributed by atoms with E-state index in [0.717, 1.165) is 8.78 Å². The molecule has 0 heterocycles. The molecule has 0 aliphatic heterocycles. The van der Waals surface area contributed by atoms with E-state index in [4.69, 9.17) is 17.3 Å². The SMILES string of the molecule is NC(=O)c1ccc(NC(=O)CN(Cc2ccc(Cl)cc2)S(=O)(=O)c2ccc(Br)cc2)cc1. The minimum Gasteiger partial charge on any atom is -0.366 e. The van der Waals surface area contributed by atoms with Crippen molar-refractivity contribution in [2.45, 2.75) is 11.4 Å². The number of anilines is 1. The van der Waals surface area contributed by atoms with E-state index in [9.17, 15) is 18.0 Å². The monoisotopic (exact) mass is 535 g/mol. The van der Waals surface area contributed by atoms with Crippen LogP contribution in [0.1, 0.15) is 15.9 Å². The maximum Gasteiger partial charge on any atom is 0.248 e. The molecule has 0 saturated heterocycles. The molecule has 0 atom stereocenters. The first-order chi connectivity index (χ1) is 15.1. The number of nitrogens with one attached hydrogen (secondary N) is 1. The molecule has 0 fully saturated rings. The highest BCUT2D eigenvalue weighted by atomic mass is 79.9. The summed E-state index contributed by atoms with van der Waals surface area (Å²) in [5.41, 5.74) is 6.60. The summed E-state index contributed by atoms with van der Waals surface area (Å²) in [5.74, 6) is -1.12. The number of hydrogen-bond donors (Lipinski definition) is 2. The molecule has 3 aromatic rings. The molecule has 7 nitrogen and oxygen atoms in total. The zero-order chi connectivity index (χ0) is 23.3. The fourth-order valence-electron chi connectivity index (χ4n) is 2.85. The molecule has 2 amide bonds. The van der Waals surface area contributed by atoms with Gasteiger partial charge in [-0.3, -0.25) is 9.59 Å². The Morgan fingerprint density at radius 2 is 1.53 bits per heavy atom. The first-order valence-electron chi connectivity index (χ1n) is 9.35. The lowest BCUT2D eigenvalue weighted by Crippen LogP contribution is -2.37. The van der Waals surface area contributed by atoms with E-state index in [1.165, 1.54) is 36.4 Å². The molecule has 3 rings (SSSR count). The summed E-state index contributed by atoms with van der Waals surface area (Å²) < 4.78 is 28.4. The second-order valence-corrected chi connectivity index (χ2v) is 10.1. The van der Waals surface area contributed by atoms with E-state index in [1.807, 2.05) is 0 Å². The lowest BCUT2D eigenvalue weighted by Gasteiger charge is -2.22. The summed E-state index contributed by atoms with van der Waals surface area (Å²) in [6, 6.07) is 18.9. The molecule has 0 spiro atoms. The normalized spacial score (nSPS) is 11.3. The Morgan fingerprint density at radius 1 is 0.938 bits per heavy atom. The number of rotatable bonds is 8. The maximum absolute atomic E-state index is 13.3. The van der Waals surface area contributed by atoms with Crippen molar-refractivity contribution in [1.82, 2.24) is 4.31 Å². The van der Waals surface area contributed by atoms with Gasteiger partial charge >= 0.3 is 0 Å². The van der Waals surface area contributed by atoms with Gasteiger partial charge in [0.2, 0.25) is 21.8 Å². The van der Waals surface area contributed by atoms with Gasteiger partial charge in [0.1, 0.15) is 0 Å². The van der Waals surface area contributed by atoms with E-state index < -0.39 is 28.4 Å². The van der Waals surface area contributed by atoms with Crippen molar-refractivity contribution in [3.05, 3.63) is 93.4 Å². The predicted molar refractivity (Wildman–Crippen MR) is 127 cm³/mol. The Bertz CT molecular complexity index is 1220. The van der Waals surface area contributed by atoms with Crippen LogP contribution in [0.15, 0.2) is 82.2 Å². The Balaban J connectivity index is 1.84. The van der Waals surface area contributed by atoms with Crippen molar-refractivity contribution >= 4 is 55.1 Å². The highest BCUT2D eigenvalue weighted by Gasteiger charge is 2.27. The smallest absolute Gasteiger partial charge is 0.248 e. The largest absolute Gasteiger partial charge is 0.366 e. The van der Waals surface area contributed by atoms with Gasteiger partial charge in [0.05, 0.1) is 11.4 Å². The quantitative estimate of drug-likeness (QED) is 0.453. The van der Waals surface area contributed by atoms with Crippen LogP contribution in [0, 0.1) is 0 Å². The van der Waals surface area contributed by atoms with E-state index in [1.54, 1.807) is 36.4 Å². The molecular formula is C22H19BrClN3O4S. The van der Waals surface area contributed by atoms with Gasteiger partial charge in [-0.1, -0.05) is 39.7 Å². The number of halogens is 2. The zero-order valence-corrected chi connectivity index (χ0v) is 19.8. The second-order valence-electron chi connectivity index (χ2n) is 6.84. The Kier molecular flexibility index (Phi) is 7.68. The number of nitrogens with zero attached hydrogens (tertiary/aromatic N) is 1. The molecule has 3 aromatic carbocycles.